The zero-order valence-electron chi connectivity index (χ0n) is 12.8. The van der Waals surface area contributed by atoms with Gasteiger partial charge in [-0.15, -0.1) is 5.10 Å². The summed E-state index contributed by atoms with van der Waals surface area (Å²) >= 11 is 0. The van der Waals surface area contributed by atoms with Gasteiger partial charge >= 0.3 is 5.22 Å². The Bertz CT molecular complexity index is 768. The van der Waals surface area contributed by atoms with Gasteiger partial charge in [0.25, 0.3) is 5.91 Å². The Kier molecular flexibility index (Phi) is 5.32. The molecule has 0 fully saturated rings. The molecule has 1 aromatic heterocycles. The number of ether oxygens (including phenoxy) is 1. The normalized spacial score (nSPS) is 11.2. The Labute approximate surface area is 133 Å². The van der Waals surface area contributed by atoms with Gasteiger partial charge in [-0.05, 0) is 30.7 Å². The molecule has 1 heterocycles. The number of rotatable bonds is 7. The summed E-state index contributed by atoms with van der Waals surface area (Å²) in [6, 6.07) is 6.76. The lowest BCUT2D eigenvalue weighted by Crippen LogP contribution is -2.24. The van der Waals surface area contributed by atoms with Crippen LogP contribution in [0.2, 0.25) is 0 Å². The molecule has 1 amide bonds. The molecule has 0 spiro atoms. The van der Waals surface area contributed by atoms with E-state index in [1.54, 1.807) is 31.4 Å². The number of amides is 1. The molecule has 0 radical (unpaired) electrons. The van der Waals surface area contributed by atoms with Crippen molar-refractivity contribution in [1.82, 2.24) is 15.5 Å². The fourth-order valence-electron chi connectivity index (χ4n) is 1.78. The molecule has 23 heavy (non-hydrogen) atoms. The van der Waals surface area contributed by atoms with Gasteiger partial charge < -0.3 is 14.5 Å². The zero-order chi connectivity index (χ0) is 16.9. The van der Waals surface area contributed by atoms with Gasteiger partial charge in [0.05, 0.1) is 7.11 Å². The summed E-state index contributed by atoms with van der Waals surface area (Å²) in [5, 5.41) is 9.48. The highest BCUT2D eigenvalue weighted by Crippen LogP contribution is 2.11. The van der Waals surface area contributed by atoms with Crippen molar-refractivity contribution < 1.29 is 22.4 Å². The number of hydrogen-bond acceptors (Lipinski definition) is 7. The predicted molar refractivity (Wildman–Crippen MR) is 81.1 cm³/mol. The standard InChI is InChI=1S/C14H17N3O5S/c1-21-11-7-5-10(6-8-11)13(18)15-9-3-4-12-16-17-14(22-12)23(2,19)20/h5-8H,3-4,9H2,1-2H3,(H,15,18). The molecule has 1 N–H and O–H groups in total. The molecule has 9 heteroatoms. The lowest BCUT2D eigenvalue weighted by molar-refractivity contribution is 0.0953. The van der Waals surface area contributed by atoms with Crippen LogP contribution >= 0.6 is 0 Å². The highest BCUT2D eigenvalue weighted by atomic mass is 32.2. The highest BCUT2D eigenvalue weighted by Gasteiger charge is 2.16. The molecule has 0 saturated heterocycles. The topological polar surface area (TPSA) is 111 Å². The van der Waals surface area contributed by atoms with Crippen LogP contribution in [0.3, 0.4) is 0 Å². The van der Waals surface area contributed by atoms with Crippen molar-refractivity contribution in [3.8, 4) is 5.75 Å². The Balaban J connectivity index is 1.78. The van der Waals surface area contributed by atoms with Crippen LogP contribution in [0.4, 0.5) is 0 Å². The molecule has 8 nitrogen and oxygen atoms in total. The minimum atomic E-state index is -3.49. The van der Waals surface area contributed by atoms with Crippen LogP contribution in [0.15, 0.2) is 33.9 Å². The molecule has 0 bridgehead atoms. The number of benzene rings is 1. The number of methoxy groups -OCH3 is 1. The Morgan fingerprint density at radius 1 is 1.26 bits per heavy atom. The first-order valence-corrected chi connectivity index (χ1v) is 8.74. The Morgan fingerprint density at radius 2 is 1.96 bits per heavy atom. The first-order chi connectivity index (χ1) is 10.9. The van der Waals surface area contributed by atoms with E-state index in [0.717, 1.165) is 6.26 Å². The number of sulfone groups is 1. The number of carbonyl (C=O) groups excluding carboxylic acids is 1. The number of carbonyl (C=O) groups is 1. The van der Waals surface area contributed by atoms with Crippen molar-refractivity contribution >= 4 is 15.7 Å². The van der Waals surface area contributed by atoms with Crippen molar-refractivity contribution in [3.05, 3.63) is 35.7 Å². The van der Waals surface area contributed by atoms with Gasteiger partial charge in [-0.1, -0.05) is 5.10 Å². The van der Waals surface area contributed by atoms with E-state index >= 15 is 0 Å². The van der Waals surface area contributed by atoms with E-state index in [-0.39, 0.29) is 11.8 Å². The average molecular weight is 339 g/mol. The Hall–Kier alpha value is -2.42. The molecular weight excluding hydrogens is 322 g/mol. The first-order valence-electron chi connectivity index (χ1n) is 6.85. The third kappa shape index (κ3) is 4.78. The maximum atomic E-state index is 11.9. The number of aryl methyl sites for hydroxylation is 1. The monoisotopic (exact) mass is 339 g/mol. The maximum absolute atomic E-state index is 11.9. The molecule has 0 atom stereocenters. The lowest BCUT2D eigenvalue weighted by Gasteiger charge is -2.05. The van der Waals surface area contributed by atoms with Crippen molar-refractivity contribution in [2.75, 3.05) is 19.9 Å². The van der Waals surface area contributed by atoms with Gasteiger partial charge in [0, 0.05) is 24.8 Å². The second-order valence-corrected chi connectivity index (χ2v) is 6.72. The van der Waals surface area contributed by atoms with Gasteiger partial charge in [0.15, 0.2) is 0 Å². The van der Waals surface area contributed by atoms with Crippen LogP contribution in [0, 0.1) is 0 Å². The summed E-state index contributed by atoms with van der Waals surface area (Å²) in [7, 11) is -1.93. The lowest BCUT2D eigenvalue weighted by atomic mass is 10.2. The summed E-state index contributed by atoms with van der Waals surface area (Å²) < 4.78 is 32.5. The minimum Gasteiger partial charge on any atom is -0.497 e. The molecule has 2 rings (SSSR count). The fraction of sp³-hybridized carbons (Fsp3) is 0.357. The number of hydrogen-bond donors (Lipinski definition) is 1. The van der Waals surface area contributed by atoms with Crippen LogP contribution in [-0.4, -0.2) is 44.4 Å². The maximum Gasteiger partial charge on any atom is 0.335 e. The third-order valence-corrected chi connectivity index (χ3v) is 3.77. The van der Waals surface area contributed by atoms with E-state index in [4.69, 9.17) is 9.15 Å². The van der Waals surface area contributed by atoms with Crippen LogP contribution in [0.25, 0.3) is 0 Å². The van der Waals surface area contributed by atoms with Gasteiger partial charge in [-0.3, -0.25) is 4.79 Å². The van der Waals surface area contributed by atoms with E-state index in [1.807, 2.05) is 0 Å². The van der Waals surface area contributed by atoms with E-state index < -0.39 is 15.1 Å². The van der Waals surface area contributed by atoms with Crippen molar-refractivity contribution in [2.24, 2.45) is 0 Å². The average Bonchev–Trinajstić information content (AvgIpc) is 3.00. The smallest absolute Gasteiger partial charge is 0.335 e. The summed E-state index contributed by atoms with van der Waals surface area (Å²) in [6.07, 6.45) is 1.93. The summed E-state index contributed by atoms with van der Waals surface area (Å²) in [4.78, 5) is 11.9. The largest absolute Gasteiger partial charge is 0.497 e. The van der Waals surface area contributed by atoms with Crippen LogP contribution < -0.4 is 10.1 Å². The minimum absolute atomic E-state index is 0.199. The van der Waals surface area contributed by atoms with Crippen molar-refractivity contribution in [2.45, 2.75) is 18.1 Å². The molecule has 0 unspecified atom stereocenters. The second kappa shape index (κ2) is 7.23. The van der Waals surface area contributed by atoms with Crippen LogP contribution in [-0.2, 0) is 16.3 Å². The second-order valence-electron chi connectivity index (χ2n) is 4.82. The molecule has 0 saturated carbocycles. The van der Waals surface area contributed by atoms with Crippen LogP contribution in [0.1, 0.15) is 22.7 Å². The molecule has 124 valence electrons. The number of nitrogens with one attached hydrogen (secondary N) is 1. The van der Waals surface area contributed by atoms with E-state index in [9.17, 15) is 13.2 Å². The summed E-state index contributed by atoms with van der Waals surface area (Å²) in [5.41, 5.74) is 0.531. The zero-order valence-corrected chi connectivity index (χ0v) is 13.6. The number of aromatic nitrogens is 2. The van der Waals surface area contributed by atoms with Crippen molar-refractivity contribution in [3.63, 3.8) is 0 Å². The SMILES string of the molecule is COc1ccc(C(=O)NCCCc2nnc(S(C)(=O)=O)o2)cc1. The summed E-state index contributed by atoms with van der Waals surface area (Å²) in [6.45, 7) is 0.404. The molecule has 1 aromatic carbocycles. The summed E-state index contributed by atoms with van der Waals surface area (Å²) in [5.74, 6) is 0.707. The quantitative estimate of drug-likeness (QED) is 0.744. The van der Waals surface area contributed by atoms with Crippen molar-refractivity contribution in [1.29, 1.82) is 0 Å². The molecule has 0 aliphatic heterocycles. The van der Waals surface area contributed by atoms with E-state index in [0.29, 0.717) is 30.7 Å². The van der Waals surface area contributed by atoms with Gasteiger partial charge in [0.1, 0.15) is 5.75 Å². The van der Waals surface area contributed by atoms with Gasteiger partial charge in [-0.25, -0.2) is 8.42 Å². The van der Waals surface area contributed by atoms with E-state index in [1.165, 1.54) is 0 Å². The first kappa shape index (κ1) is 16.9. The van der Waals surface area contributed by atoms with Gasteiger partial charge in [0.2, 0.25) is 15.7 Å². The van der Waals surface area contributed by atoms with Crippen LogP contribution in [0.5, 0.6) is 5.75 Å². The predicted octanol–water partition coefficient (Wildman–Crippen LogP) is 0.844. The fourth-order valence-corrected chi connectivity index (χ4v) is 2.21. The number of nitrogens with zero attached hydrogens (tertiary/aromatic N) is 2. The molecule has 0 aliphatic carbocycles. The Morgan fingerprint density at radius 3 is 2.52 bits per heavy atom. The third-order valence-electron chi connectivity index (χ3n) is 2.97. The molecule has 2 aromatic rings. The molecule has 0 aliphatic rings. The highest BCUT2D eigenvalue weighted by molar-refractivity contribution is 7.90. The van der Waals surface area contributed by atoms with E-state index in [2.05, 4.69) is 15.5 Å². The van der Waals surface area contributed by atoms with Gasteiger partial charge in [-0.2, -0.15) is 0 Å². The molecular formula is C14H17N3O5S.